The predicted octanol–water partition coefficient (Wildman–Crippen LogP) is 3.12. The Morgan fingerprint density at radius 2 is 2.10 bits per heavy atom. The second-order valence-corrected chi connectivity index (χ2v) is 5.11. The van der Waals surface area contributed by atoms with Gasteiger partial charge in [-0.2, -0.15) is 17.9 Å². The van der Waals surface area contributed by atoms with Crippen LogP contribution in [-0.4, -0.2) is 26.0 Å². The van der Waals surface area contributed by atoms with Crippen molar-refractivity contribution in [1.82, 2.24) is 9.71 Å². The largest absolute Gasteiger partial charge is 0.427 e. The van der Waals surface area contributed by atoms with Crippen molar-refractivity contribution in [2.24, 2.45) is 0 Å². The third-order valence-electron chi connectivity index (χ3n) is 4.12. The molecule has 3 rings (SSSR count). The number of hydrogen-bond donors (Lipinski definition) is 1. The van der Waals surface area contributed by atoms with Crippen LogP contribution in [0.5, 0.6) is 0 Å². The summed E-state index contributed by atoms with van der Waals surface area (Å²) in [5.74, 6) is -0.241. The van der Waals surface area contributed by atoms with Gasteiger partial charge in [0, 0.05) is 17.8 Å². The number of nitro groups is 1. The lowest BCUT2D eigenvalue weighted by atomic mass is 9.63. The van der Waals surface area contributed by atoms with E-state index in [9.17, 15) is 28.5 Å². The maximum Gasteiger partial charge on any atom is 0.398 e. The number of halogens is 3. The zero-order valence-electron chi connectivity index (χ0n) is 10.6. The number of aromatic nitrogens is 2. The topological polar surface area (TPSA) is 81.2 Å². The highest BCUT2D eigenvalue weighted by Gasteiger charge is 2.61. The first-order chi connectivity index (χ1) is 9.78. The molecule has 1 fully saturated rings. The maximum atomic E-state index is 13.4. The summed E-state index contributed by atoms with van der Waals surface area (Å²) >= 11 is 0. The fraction of sp³-hybridized carbons (Fsp3) is 0.417. The van der Waals surface area contributed by atoms with Gasteiger partial charge in [-0.15, -0.1) is 0 Å². The molecule has 2 aliphatic heterocycles. The van der Waals surface area contributed by atoms with Gasteiger partial charge < -0.3 is 5.21 Å². The molecule has 0 unspecified atom stereocenters. The molecular formula is C12H10F3N3O3. The second-order valence-electron chi connectivity index (χ2n) is 5.11. The van der Waals surface area contributed by atoms with Gasteiger partial charge in [-0.05, 0) is 12.8 Å². The van der Waals surface area contributed by atoms with E-state index < -0.39 is 22.2 Å². The highest BCUT2D eigenvalue weighted by atomic mass is 19.4. The van der Waals surface area contributed by atoms with E-state index >= 15 is 0 Å². The molecule has 0 amide bonds. The van der Waals surface area contributed by atoms with Crippen molar-refractivity contribution in [2.45, 2.75) is 30.9 Å². The van der Waals surface area contributed by atoms with Gasteiger partial charge in [0.25, 0.3) is 5.69 Å². The van der Waals surface area contributed by atoms with Crippen LogP contribution in [0.1, 0.15) is 24.8 Å². The molecule has 21 heavy (non-hydrogen) atoms. The minimum absolute atomic E-state index is 0.130. The number of pyridine rings is 1. The van der Waals surface area contributed by atoms with E-state index in [1.165, 1.54) is 0 Å². The zero-order valence-corrected chi connectivity index (χ0v) is 10.6. The summed E-state index contributed by atoms with van der Waals surface area (Å²) in [4.78, 5) is 14.0. The van der Waals surface area contributed by atoms with Gasteiger partial charge in [0.05, 0.1) is 16.5 Å². The van der Waals surface area contributed by atoms with Crippen LogP contribution in [0.2, 0.25) is 0 Å². The van der Waals surface area contributed by atoms with Crippen molar-refractivity contribution in [3.8, 4) is 11.4 Å². The van der Waals surface area contributed by atoms with Gasteiger partial charge in [0.2, 0.25) is 0 Å². The zero-order chi connectivity index (χ0) is 15.4. The minimum atomic E-state index is -4.52. The molecule has 3 aliphatic rings. The molecule has 112 valence electrons. The second kappa shape index (κ2) is 4.09. The Hall–Kier alpha value is -2.32. The lowest BCUT2D eigenvalue weighted by Crippen LogP contribution is -2.48. The van der Waals surface area contributed by atoms with Crippen molar-refractivity contribution in [3.63, 3.8) is 0 Å². The number of fused-ring (bicyclic) bond motifs is 1. The molecule has 0 saturated heterocycles. The average molecular weight is 301 g/mol. The summed E-state index contributed by atoms with van der Waals surface area (Å²) < 4.78 is 40.7. The van der Waals surface area contributed by atoms with E-state index in [-0.39, 0.29) is 29.8 Å². The number of rotatable bonds is 2. The average Bonchev–Trinajstić information content (AvgIpc) is 2.71. The van der Waals surface area contributed by atoms with Gasteiger partial charge in [-0.25, -0.2) is 4.98 Å². The third-order valence-corrected chi connectivity index (χ3v) is 4.12. The Balaban J connectivity index is 2.29. The summed E-state index contributed by atoms with van der Waals surface area (Å²) in [7, 11) is 0. The highest BCUT2D eigenvalue weighted by Crippen LogP contribution is 2.57. The van der Waals surface area contributed by atoms with Gasteiger partial charge >= 0.3 is 6.18 Å². The fourth-order valence-corrected chi connectivity index (χ4v) is 2.85. The summed E-state index contributed by atoms with van der Waals surface area (Å²) in [6, 6.07) is 0.969. The molecule has 1 N–H and O–H groups in total. The van der Waals surface area contributed by atoms with Crippen molar-refractivity contribution in [3.05, 3.63) is 34.1 Å². The van der Waals surface area contributed by atoms with Crippen molar-refractivity contribution >= 4 is 5.69 Å². The first kappa shape index (κ1) is 13.7. The highest BCUT2D eigenvalue weighted by molar-refractivity contribution is 5.75. The van der Waals surface area contributed by atoms with E-state index in [2.05, 4.69) is 4.98 Å². The molecule has 0 spiro atoms. The number of nitrogens with zero attached hydrogens (tertiary/aromatic N) is 3. The van der Waals surface area contributed by atoms with Crippen molar-refractivity contribution in [1.29, 1.82) is 0 Å². The fourth-order valence-electron chi connectivity index (χ4n) is 2.85. The standard InChI is InChI=1S/C12H10F3N3O3/c13-12(14,15)11(3-1-4-11)7-6-16-10-9(7)8(18(20)21)2-5-17(10)19/h2,5-6,19H,1,3-4H2. The molecule has 0 aromatic heterocycles. The summed E-state index contributed by atoms with van der Waals surface area (Å²) in [5.41, 5.74) is -3.08. The van der Waals surface area contributed by atoms with E-state index in [0.717, 1.165) is 18.5 Å². The molecule has 2 heterocycles. The first-order valence-electron chi connectivity index (χ1n) is 6.19. The molecule has 0 aromatic carbocycles. The van der Waals surface area contributed by atoms with Crippen LogP contribution < -0.4 is 0 Å². The number of hydrogen-bond acceptors (Lipinski definition) is 4. The van der Waals surface area contributed by atoms with Crippen LogP contribution in [0, 0.1) is 10.1 Å². The van der Waals surface area contributed by atoms with E-state index in [4.69, 9.17) is 0 Å². The molecule has 1 saturated carbocycles. The molecule has 0 bridgehead atoms. The van der Waals surface area contributed by atoms with Crippen LogP contribution in [0.25, 0.3) is 11.4 Å². The Morgan fingerprint density at radius 1 is 1.43 bits per heavy atom. The molecular weight excluding hydrogens is 291 g/mol. The lowest BCUT2D eigenvalue weighted by Gasteiger charge is -2.43. The van der Waals surface area contributed by atoms with Gasteiger partial charge in [0.15, 0.2) is 5.82 Å². The Morgan fingerprint density at radius 3 is 2.57 bits per heavy atom. The SMILES string of the molecule is O=[N+]([O-])c1ccn(O)c2ncc(C3(C(F)(F)F)CCC3)c1-2. The van der Waals surface area contributed by atoms with Crippen LogP contribution in [0.4, 0.5) is 18.9 Å². The van der Waals surface area contributed by atoms with Crippen LogP contribution in [0.3, 0.4) is 0 Å². The molecule has 1 aliphatic carbocycles. The third kappa shape index (κ3) is 1.69. The van der Waals surface area contributed by atoms with Gasteiger partial charge in [-0.1, -0.05) is 6.42 Å². The summed E-state index contributed by atoms with van der Waals surface area (Å²) in [5, 5.41) is 20.7. The molecule has 0 aromatic rings. The predicted molar refractivity (Wildman–Crippen MR) is 64.3 cm³/mol. The summed E-state index contributed by atoms with van der Waals surface area (Å²) in [6.07, 6.45) is -2.41. The van der Waals surface area contributed by atoms with Crippen molar-refractivity contribution < 1.29 is 23.3 Å². The lowest BCUT2D eigenvalue weighted by molar-refractivity contribution is -0.384. The Kier molecular flexibility index (Phi) is 2.66. The van der Waals surface area contributed by atoms with Gasteiger partial charge in [0.1, 0.15) is 5.56 Å². The van der Waals surface area contributed by atoms with Gasteiger partial charge in [-0.3, -0.25) is 10.1 Å². The van der Waals surface area contributed by atoms with Crippen LogP contribution in [-0.2, 0) is 5.41 Å². The van der Waals surface area contributed by atoms with Crippen molar-refractivity contribution in [2.75, 3.05) is 0 Å². The molecule has 0 atom stereocenters. The Labute approximate surface area is 116 Å². The smallest absolute Gasteiger partial charge is 0.398 e. The van der Waals surface area contributed by atoms with E-state index in [1.807, 2.05) is 0 Å². The summed E-state index contributed by atoms with van der Waals surface area (Å²) in [6.45, 7) is 0. The maximum absolute atomic E-state index is 13.4. The van der Waals surface area contributed by atoms with Crippen LogP contribution >= 0.6 is 0 Å². The quantitative estimate of drug-likeness (QED) is 0.525. The minimum Gasteiger partial charge on any atom is -0.427 e. The van der Waals surface area contributed by atoms with Crippen LogP contribution in [0.15, 0.2) is 18.5 Å². The first-order valence-corrected chi connectivity index (χ1v) is 6.19. The molecule has 9 heteroatoms. The normalized spacial score (nSPS) is 17.7. The van der Waals surface area contributed by atoms with E-state index in [0.29, 0.717) is 11.2 Å². The monoisotopic (exact) mass is 301 g/mol. The number of alkyl halides is 3. The Bertz CT molecular complexity index is 691. The molecule has 6 nitrogen and oxygen atoms in total. The molecule has 0 radical (unpaired) electrons. The van der Waals surface area contributed by atoms with E-state index in [1.54, 1.807) is 0 Å².